The first kappa shape index (κ1) is 16.6. The Morgan fingerprint density at radius 3 is 2.41 bits per heavy atom. The summed E-state index contributed by atoms with van der Waals surface area (Å²) < 4.78 is 0. The second kappa shape index (κ2) is 8.64. The van der Waals surface area contributed by atoms with Gasteiger partial charge in [-0.1, -0.05) is 67.1 Å². The summed E-state index contributed by atoms with van der Waals surface area (Å²) in [6.07, 6.45) is 0.901. The molecule has 1 atom stereocenters. The lowest BCUT2D eigenvalue weighted by Crippen LogP contribution is -2.29. The molecule has 2 aromatic rings. The molecular weight excluding hydrogens is 290 g/mol. The van der Waals surface area contributed by atoms with Crippen molar-refractivity contribution in [3.05, 3.63) is 71.3 Å². The maximum absolute atomic E-state index is 12.1. The molecule has 22 heavy (non-hydrogen) atoms. The van der Waals surface area contributed by atoms with Crippen molar-refractivity contribution >= 4 is 17.7 Å². The van der Waals surface area contributed by atoms with E-state index in [4.69, 9.17) is 0 Å². The minimum Gasteiger partial charge on any atom is -0.349 e. The van der Waals surface area contributed by atoms with E-state index in [-0.39, 0.29) is 11.9 Å². The Balaban J connectivity index is 1.81. The fourth-order valence-corrected chi connectivity index (χ4v) is 3.09. The molecule has 0 aliphatic rings. The number of hydrogen-bond acceptors (Lipinski definition) is 2. The molecule has 1 N–H and O–H groups in total. The smallest absolute Gasteiger partial charge is 0.230 e. The molecule has 0 fully saturated rings. The topological polar surface area (TPSA) is 29.1 Å². The van der Waals surface area contributed by atoms with Crippen LogP contribution in [0.5, 0.6) is 0 Å². The summed E-state index contributed by atoms with van der Waals surface area (Å²) in [6.45, 7) is 4.17. The van der Waals surface area contributed by atoms with Crippen LogP contribution in [0.2, 0.25) is 0 Å². The Hall–Kier alpha value is -1.74. The summed E-state index contributed by atoms with van der Waals surface area (Å²) in [5, 5.41) is 3.13. The zero-order chi connectivity index (χ0) is 15.8. The number of carbonyl (C=O) groups excluding carboxylic acids is 1. The third kappa shape index (κ3) is 5.23. The lowest BCUT2D eigenvalue weighted by atomic mass is 10.0. The van der Waals surface area contributed by atoms with Gasteiger partial charge in [-0.3, -0.25) is 4.79 Å². The van der Waals surface area contributed by atoms with Gasteiger partial charge in [0.15, 0.2) is 0 Å². The van der Waals surface area contributed by atoms with Crippen molar-refractivity contribution < 1.29 is 4.79 Å². The van der Waals surface area contributed by atoms with Crippen molar-refractivity contribution in [2.45, 2.75) is 32.1 Å². The van der Waals surface area contributed by atoms with Gasteiger partial charge in [0.2, 0.25) is 5.91 Å². The molecular formula is C19H23NOS. The van der Waals surface area contributed by atoms with Crippen molar-refractivity contribution in [3.63, 3.8) is 0 Å². The Kier molecular flexibility index (Phi) is 6.53. The first-order valence-corrected chi connectivity index (χ1v) is 8.82. The van der Waals surface area contributed by atoms with E-state index in [9.17, 15) is 4.79 Å². The fraction of sp³-hybridized carbons (Fsp3) is 0.316. The first-order valence-electron chi connectivity index (χ1n) is 7.66. The van der Waals surface area contributed by atoms with Gasteiger partial charge in [-0.25, -0.2) is 0 Å². The molecule has 0 bridgehead atoms. The number of benzene rings is 2. The Labute approximate surface area is 137 Å². The zero-order valence-electron chi connectivity index (χ0n) is 13.2. The number of rotatable bonds is 7. The van der Waals surface area contributed by atoms with Crippen molar-refractivity contribution in [2.24, 2.45) is 0 Å². The summed E-state index contributed by atoms with van der Waals surface area (Å²) in [5.41, 5.74) is 3.67. The zero-order valence-corrected chi connectivity index (χ0v) is 14.0. The molecule has 2 rings (SSSR count). The van der Waals surface area contributed by atoms with E-state index in [2.05, 4.69) is 55.6 Å². The second-order valence-corrected chi connectivity index (χ2v) is 6.40. The van der Waals surface area contributed by atoms with Crippen LogP contribution in [-0.4, -0.2) is 11.7 Å². The van der Waals surface area contributed by atoms with Crippen LogP contribution in [-0.2, 0) is 10.5 Å². The molecule has 0 aromatic heterocycles. The van der Waals surface area contributed by atoms with E-state index in [0.717, 1.165) is 12.2 Å². The van der Waals surface area contributed by atoms with Crippen LogP contribution in [0, 0.1) is 6.92 Å². The third-order valence-corrected chi connectivity index (χ3v) is 4.57. The quantitative estimate of drug-likeness (QED) is 0.815. The van der Waals surface area contributed by atoms with E-state index in [1.807, 2.05) is 18.2 Å². The molecule has 0 aliphatic heterocycles. The number of aryl methyl sites for hydroxylation is 1. The number of carbonyl (C=O) groups is 1. The molecule has 0 heterocycles. The number of hydrogen-bond donors (Lipinski definition) is 1. The molecule has 2 nitrogen and oxygen atoms in total. The van der Waals surface area contributed by atoms with E-state index in [1.165, 1.54) is 16.7 Å². The SMILES string of the molecule is CCC(NC(=O)CSCc1ccccc1)c1ccc(C)cc1. The predicted molar refractivity (Wildman–Crippen MR) is 95.0 cm³/mol. The number of thioether (sulfide) groups is 1. The van der Waals surface area contributed by atoms with Crippen molar-refractivity contribution in [3.8, 4) is 0 Å². The second-order valence-electron chi connectivity index (χ2n) is 5.42. The van der Waals surface area contributed by atoms with Crippen LogP contribution in [0.3, 0.4) is 0 Å². The van der Waals surface area contributed by atoms with E-state index in [0.29, 0.717) is 5.75 Å². The molecule has 1 unspecified atom stereocenters. The maximum Gasteiger partial charge on any atom is 0.230 e. The largest absolute Gasteiger partial charge is 0.349 e. The van der Waals surface area contributed by atoms with Gasteiger partial charge in [-0.2, -0.15) is 0 Å². The van der Waals surface area contributed by atoms with Crippen LogP contribution in [0.1, 0.15) is 36.1 Å². The van der Waals surface area contributed by atoms with Gasteiger partial charge in [0.1, 0.15) is 0 Å². The summed E-state index contributed by atoms with van der Waals surface area (Å²) in [5.74, 6) is 1.47. The minimum atomic E-state index is 0.102. The number of nitrogens with one attached hydrogen (secondary N) is 1. The van der Waals surface area contributed by atoms with Gasteiger partial charge in [0, 0.05) is 5.75 Å². The Morgan fingerprint density at radius 2 is 1.77 bits per heavy atom. The molecule has 0 saturated carbocycles. The average molecular weight is 313 g/mol. The van der Waals surface area contributed by atoms with E-state index >= 15 is 0 Å². The van der Waals surface area contributed by atoms with Gasteiger partial charge in [0.25, 0.3) is 0 Å². The lowest BCUT2D eigenvalue weighted by molar-refractivity contribution is -0.119. The molecule has 0 saturated heterocycles. The molecule has 0 spiro atoms. The highest BCUT2D eigenvalue weighted by molar-refractivity contribution is 7.99. The summed E-state index contributed by atoms with van der Waals surface area (Å²) >= 11 is 1.65. The summed E-state index contributed by atoms with van der Waals surface area (Å²) in [7, 11) is 0. The molecule has 0 aliphatic carbocycles. The molecule has 2 aromatic carbocycles. The van der Waals surface area contributed by atoms with Gasteiger partial charge in [-0.05, 0) is 24.5 Å². The standard InChI is InChI=1S/C19H23NOS/c1-3-18(17-11-9-15(2)10-12-17)20-19(21)14-22-13-16-7-5-4-6-8-16/h4-12,18H,3,13-14H2,1-2H3,(H,20,21). The molecule has 3 heteroatoms. The molecule has 1 amide bonds. The lowest BCUT2D eigenvalue weighted by Gasteiger charge is -2.17. The van der Waals surface area contributed by atoms with Gasteiger partial charge < -0.3 is 5.32 Å². The van der Waals surface area contributed by atoms with Crippen molar-refractivity contribution in [1.82, 2.24) is 5.32 Å². The highest BCUT2D eigenvalue weighted by Crippen LogP contribution is 2.18. The highest BCUT2D eigenvalue weighted by atomic mass is 32.2. The van der Waals surface area contributed by atoms with E-state index in [1.54, 1.807) is 11.8 Å². The predicted octanol–water partition coefficient (Wildman–Crippen LogP) is 4.50. The fourth-order valence-electron chi connectivity index (χ4n) is 2.29. The van der Waals surface area contributed by atoms with Crippen LogP contribution in [0.15, 0.2) is 54.6 Å². The van der Waals surface area contributed by atoms with Gasteiger partial charge in [0.05, 0.1) is 11.8 Å². The van der Waals surface area contributed by atoms with Crippen LogP contribution >= 0.6 is 11.8 Å². The van der Waals surface area contributed by atoms with E-state index < -0.39 is 0 Å². The van der Waals surface area contributed by atoms with Crippen molar-refractivity contribution in [2.75, 3.05) is 5.75 Å². The average Bonchev–Trinajstić information content (AvgIpc) is 2.54. The maximum atomic E-state index is 12.1. The number of amides is 1. The summed E-state index contributed by atoms with van der Waals surface area (Å²) in [4.78, 5) is 12.1. The first-order chi connectivity index (χ1) is 10.7. The van der Waals surface area contributed by atoms with Gasteiger partial charge >= 0.3 is 0 Å². The Bertz CT molecular complexity index is 580. The van der Waals surface area contributed by atoms with Gasteiger partial charge in [-0.15, -0.1) is 11.8 Å². The van der Waals surface area contributed by atoms with Crippen LogP contribution in [0.25, 0.3) is 0 Å². The third-order valence-electron chi connectivity index (χ3n) is 3.57. The minimum absolute atomic E-state index is 0.102. The van der Waals surface area contributed by atoms with Crippen molar-refractivity contribution in [1.29, 1.82) is 0 Å². The highest BCUT2D eigenvalue weighted by Gasteiger charge is 2.12. The normalized spacial score (nSPS) is 11.9. The summed E-state index contributed by atoms with van der Waals surface area (Å²) in [6, 6.07) is 18.7. The Morgan fingerprint density at radius 1 is 1.09 bits per heavy atom. The monoisotopic (exact) mass is 313 g/mol. The molecule has 0 radical (unpaired) electrons. The van der Waals surface area contributed by atoms with Crippen LogP contribution in [0.4, 0.5) is 0 Å². The van der Waals surface area contributed by atoms with Crippen LogP contribution < -0.4 is 5.32 Å². The molecule has 116 valence electrons.